The topological polar surface area (TPSA) is 101 Å². The van der Waals surface area contributed by atoms with E-state index in [2.05, 4.69) is 22.3 Å². The smallest absolute Gasteiger partial charge is 0.221 e. The first-order valence-electron chi connectivity index (χ1n) is 4.39. The Morgan fingerprint density at radius 3 is 2.53 bits per heavy atom. The van der Waals surface area contributed by atoms with Crippen molar-refractivity contribution in [2.24, 2.45) is 5.73 Å². The highest BCUT2D eigenvalue weighted by atomic mass is 32.2. The SMILES string of the molecule is CCNC(=O)CCNS(=O)(=O)CC(N)=S. The number of hydrogen-bond donors (Lipinski definition) is 3. The lowest BCUT2D eigenvalue weighted by Crippen LogP contribution is -2.35. The van der Waals surface area contributed by atoms with Crippen LogP contribution in [0.2, 0.25) is 0 Å². The molecule has 0 spiro atoms. The van der Waals surface area contributed by atoms with Crippen molar-refractivity contribution in [3.63, 3.8) is 0 Å². The van der Waals surface area contributed by atoms with Gasteiger partial charge < -0.3 is 11.1 Å². The second-order valence-corrected chi connectivity index (χ2v) is 5.15. The van der Waals surface area contributed by atoms with Gasteiger partial charge in [0, 0.05) is 19.5 Å². The monoisotopic (exact) mass is 253 g/mol. The van der Waals surface area contributed by atoms with Crippen molar-refractivity contribution in [1.82, 2.24) is 10.0 Å². The van der Waals surface area contributed by atoms with Gasteiger partial charge in [0.2, 0.25) is 15.9 Å². The number of sulfonamides is 1. The summed E-state index contributed by atoms with van der Waals surface area (Å²) in [6.07, 6.45) is 0.102. The molecule has 0 atom stereocenters. The fourth-order valence-corrected chi connectivity index (χ4v) is 2.20. The van der Waals surface area contributed by atoms with E-state index < -0.39 is 15.8 Å². The van der Waals surface area contributed by atoms with E-state index in [1.807, 2.05) is 0 Å². The number of carbonyl (C=O) groups is 1. The number of hydrogen-bond acceptors (Lipinski definition) is 4. The number of carbonyl (C=O) groups excluding carboxylic acids is 1. The van der Waals surface area contributed by atoms with Crippen LogP contribution in [0.5, 0.6) is 0 Å². The summed E-state index contributed by atoms with van der Waals surface area (Å²) in [5, 5.41) is 2.55. The second-order valence-electron chi connectivity index (χ2n) is 2.82. The molecule has 0 aliphatic rings. The van der Waals surface area contributed by atoms with Gasteiger partial charge in [-0.3, -0.25) is 4.79 Å². The summed E-state index contributed by atoms with van der Waals surface area (Å²) in [7, 11) is -3.49. The van der Waals surface area contributed by atoms with Crippen molar-refractivity contribution in [1.29, 1.82) is 0 Å². The van der Waals surface area contributed by atoms with Crippen molar-refractivity contribution < 1.29 is 13.2 Å². The Balaban J connectivity index is 3.85. The molecule has 0 aromatic carbocycles. The van der Waals surface area contributed by atoms with Gasteiger partial charge in [-0.15, -0.1) is 0 Å². The predicted molar refractivity (Wildman–Crippen MR) is 61.9 cm³/mol. The third-order valence-electron chi connectivity index (χ3n) is 1.38. The van der Waals surface area contributed by atoms with Crippen molar-refractivity contribution >= 4 is 33.1 Å². The molecule has 0 radical (unpaired) electrons. The van der Waals surface area contributed by atoms with E-state index in [9.17, 15) is 13.2 Å². The Kier molecular flexibility index (Phi) is 6.37. The first-order valence-corrected chi connectivity index (χ1v) is 6.45. The molecular weight excluding hydrogens is 238 g/mol. The van der Waals surface area contributed by atoms with Crippen LogP contribution < -0.4 is 15.8 Å². The number of nitrogens with two attached hydrogens (primary N) is 1. The van der Waals surface area contributed by atoms with E-state index in [-0.39, 0.29) is 23.9 Å². The van der Waals surface area contributed by atoms with Gasteiger partial charge >= 0.3 is 0 Å². The molecule has 0 aliphatic heterocycles. The molecule has 0 bridgehead atoms. The molecule has 8 heteroatoms. The maximum Gasteiger partial charge on any atom is 0.221 e. The van der Waals surface area contributed by atoms with E-state index in [0.717, 1.165) is 0 Å². The average molecular weight is 253 g/mol. The van der Waals surface area contributed by atoms with Crippen LogP contribution in [0.3, 0.4) is 0 Å². The van der Waals surface area contributed by atoms with Crippen LogP contribution in [0.4, 0.5) is 0 Å². The molecule has 0 rings (SSSR count). The van der Waals surface area contributed by atoms with Crippen LogP contribution in [-0.4, -0.2) is 38.2 Å². The van der Waals surface area contributed by atoms with Gasteiger partial charge in [-0.05, 0) is 6.92 Å². The molecule has 6 nitrogen and oxygen atoms in total. The fraction of sp³-hybridized carbons (Fsp3) is 0.714. The summed E-state index contributed by atoms with van der Waals surface area (Å²) in [5.41, 5.74) is 5.09. The Labute approximate surface area is 94.6 Å². The zero-order chi connectivity index (χ0) is 11.9. The fourth-order valence-electron chi connectivity index (χ4n) is 0.844. The lowest BCUT2D eigenvalue weighted by molar-refractivity contribution is -0.120. The second kappa shape index (κ2) is 6.70. The molecule has 0 saturated heterocycles. The van der Waals surface area contributed by atoms with Crippen LogP contribution in [0.15, 0.2) is 0 Å². The van der Waals surface area contributed by atoms with Crippen molar-refractivity contribution in [2.75, 3.05) is 18.8 Å². The standard InChI is InChI=1S/C7H15N3O3S2/c1-2-9-7(11)3-4-10-15(12,13)5-6(8)14/h10H,2-5H2,1H3,(H2,8,14)(H,9,11). The zero-order valence-electron chi connectivity index (χ0n) is 8.45. The van der Waals surface area contributed by atoms with Crippen LogP contribution in [0, 0.1) is 0 Å². The quantitative estimate of drug-likeness (QED) is 0.490. The van der Waals surface area contributed by atoms with Crippen molar-refractivity contribution in [3.8, 4) is 0 Å². The number of thiocarbonyl (C=S) groups is 1. The zero-order valence-corrected chi connectivity index (χ0v) is 10.1. The minimum absolute atomic E-state index is 0.0524. The molecule has 0 saturated carbocycles. The van der Waals surface area contributed by atoms with Gasteiger partial charge in [0.25, 0.3) is 0 Å². The molecule has 0 aromatic rings. The Bertz CT molecular complexity index is 326. The maximum atomic E-state index is 11.2. The molecule has 0 unspecified atom stereocenters. The summed E-state index contributed by atoms with van der Waals surface area (Å²) in [5.74, 6) is -0.590. The number of rotatable bonds is 7. The van der Waals surface area contributed by atoms with Crippen molar-refractivity contribution in [2.45, 2.75) is 13.3 Å². The highest BCUT2D eigenvalue weighted by molar-refractivity contribution is 7.92. The molecule has 0 aliphatic carbocycles. The van der Waals surface area contributed by atoms with E-state index in [0.29, 0.717) is 6.54 Å². The molecule has 0 aromatic heterocycles. The van der Waals surface area contributed by atoms with Gasteiger partial charge in [0.05, 0.1) is 4.99 Å². The molecule has 1 amide bonds. The Hall–Kier alpha value is -0.730. The maximum absolute atomic E-state index is 11.2. The van der Waals surface area contributed by atoms with E-state index in [1.165, 1.54) is 0 Å². The predicted octanol–water partition coefficient (Wildman–Crippen LogP) is -1.28. The summed E-state index contributed by atoms with van der Waals surface area (Å²) in [6, 6.07) is 0. The molecule has 4 N–H and O–H groups in total. The minimum atomic E-state index is -3.49. The lowest BCUT2D eigenvalue weighted by atomic mass is 10.4. The van der Waals surface area contributed by atoms with E-state index >= 15 is 0 Å². The van der Waals surface area contributed by atoms with Crippen LogP contribution >= 0.6 is 12.2 Å². The highest BCUT2D eigenvalue weighted by Crippen LogP contribution is 1.86. The first kappa shape index (κ1) is 14.3. The summed E-state index contributed by atoms with van der Waals surface area (Å²) in [6.45, 7) is 2.37. The summed E-state index contributed by atoms with van der Waals surface area (Å²) < 4.78 is 24.6. The van der Waals surface area contributed by atoms with Gasteiger partial charge in [-0.25, -0.2) is 13.1 Å². The summed E-state index contributed by atoms with van der Waals surface area (Å²) >= 11 is 4.47. The number of nitrogens with one attached hydrogen (secondary N) is 2. The third-order valence-corrected chi connectivity index (χ3v) is 3.04. The molecule has 0 heterocycles. The van der Waals surface area contributed by atoms with Crippen LogP contribution in [-0.2, 0) is 14.8 Å². The van der Waals surface area contributed by atoms with Gasteiger partial charge in [-0.2, -0.15) is 0 Å². The highest BCUT2D eigenvalue weighted by Gasteiger charge is 2.11. The Morgan fingerprint density at radius 1 is 1.47 bits per heavy atom. The molecule has 88 valence electrons. The lowest BCUT2D eigenvalue weighted by Gasteiger charge is -2.05. The number of amides is 1. The van der Waals surface area contributed by atoms with Gasteiger partial charge in [0.1, 0.15) is 5.75 Å². The van der Waals surface area contributed by atoms with Gasteiger partial charge in [-0.1, -0.05) is 12.2 Å². The minimum Gasteiger partial charge on any atom is -0.392 e. The van der Waals surface area contributed by atoms with Crippen LogP contribution in [0.25, 0.3) is 0 Å². The molecular formula is C7H15N3O3S2. The molecule has 15 heavy (non-hydrogen) atoms. The average Bonchev–Trinajstić information content (AvgIpc) is 2.01. The largest absolute Gasteiger partial charge is 0.392 e. The third kappa shape index (κ3) is 8.28. The van der Waals surface area contributed by atoms with E-state index in [1.54, 1.807) is 6.92 Å². The normalized spacial score (nSPS) is 11.0. The Morgan fingerprint density at radius 2 is 2.07 bits per heavy atom. The summed E-state index contributed by atoms with van der Waals surface area (Å²) in [4.78, 5) is 10.9. The molecule has 0 fully saturated rings. The van der Waals surface area contributed by atoms with E-state index in [4.69, 9.17) is 5.73 Å². The van der Waals surface area contributed by atoms with Crippen molar-refractivity contribution in [3.05, 3.63) is 0 Å². The van der Waals surface area contributed by atoms with Gasteiger partial charge in [0.15, 0.2) is 0 Å². The first-order chi connectivity index (χ1) is 6.87. The van der Waals surface area contributed by atoms with Crippen LogP contribution in [0.1, 0.15) is 13.3 Å².